The van der Waals surface area contributed by atoms with E-state index in [9.17, 15) is 19.2 Å². The highest BCUT2D eigenvalue weighted by Crippen LogP contribution is 2.54. The number of hydrogen-bond donors (Lipinski definition) is 1. The van der Waals surface area contributed by atoms with Crippen molar-refractivity contribution >= 4 is 52.2 Å². The minimum absolute atomic E-state index is 0.249. The van der Waals surface area contributed by atoms with Crippen LogP contribution in [0.15, 0.2) is 82.6 Å². The Hall–Kier alpha value is -4.55. The number of anilines is 2. The molecule has 0 radical (unpaired) electrons. The van der Waals surface area contributed by atoms with Crippen LogP contribution in [0.5, 0.6) is 17.2 Å². The first kappa shape index (κ1) is 28.6. The predicted octanol–water partition coefficient (Wildman–Crippen LogP) is 4.37. The number of carbonyl (C=O) groups is 3. The predicted molar refractivity (Wildman–Crippen MR) is 164 cm³/mol. The van der Waals surface area contributed by atoms with E-state index in [1.54, 1.807) is 82.0 Å². The second-order valence-electron chi connectivity index (χ2n) is 9.93. The molecule has 2 aliphatic rings. The molecule has 1 saturated heterocycles. The fourth-order valence-electron chi connectivity index (χ4n) is 5.43. The lowest BCUT2D eigenvalue weighted by atomic mass is 9.83. The average molecular weight is 618 g/mol. The maximum Gasteiger partial charge on any atom is 0.308 e. The molecule has 2 aliphatic heterocycles. The van der Waals surface area contributed by atoms with Crippen LogP contribution in [0.2, 0.25) is 0 Å². The van der Waals surface area contributed by atoms with Crippen molar-refractivity contribution in [2.24, 2.45) is 5.92 Å². The van der Waals surface area contributed by atoms with E-state index in [1.165, 1.54) is 21.2 Å². The molecule has 12 heteroatoms. The van der Waals surface area contributed by atoms with Gasteiger partial charge in [-0.2, -0.15) is 0 Å². The van der Waals surface area contributed by atoms with Gasteiger partial charge in [-0.25, -0.2) is 4.90 Å². The van der Waals surface area contributed by atoms with Gasteiger partial charge in [0.2, 0.25) is 17.7 Å². The summed E-state index contributed by atoms with van der Waals surface area (Å²) in [7, 11) is 4.66. The number of hydrogen-bond acceptors (Lipinski definition) is 9. The van der Waals surface area contributed by atoms with Crippen molar-refractivity contribution in [2.45, 2.75) is 22.7 Å². The maximum atomic E-state index is 14.0. The second-order valence-corrected chi connectivity index (χ2v) is 12.0. The number of methoxy groups -OCH3 is 3. The third-order valence-corrected chi connectivity index (χ3v) is 10.1. The number of ether oxygens (including phenoxy) is 3. The average Bonchev–Trinajstić information content (AvgIpc) is 3.47. The minimum Gasteiger partial charge on any atom is -0.497 e. The van der Waals surface area contributed by atoms with Gasteiger partial charge in [-0.3, -0.25) is 23.7 Å². The molecule has 3 unspecified atom stereocenters. The highest BCUT2D eigenvalue weighted by atomic mass is 32.2. The highest BCUT2D eigenvalue weighted by Gasteiger charge is 2.56. The van der Waals surface area contributed by atoms with Crippen molar-refractivity contribution in [3.8, 4) is 17.2 Å². The van der Waals surface area contributed by atoms with Crippen molar-refractivity contribution < 1.29 is 28.6 Å². The number of nitrogens with zero attached hydrogens (tertiary/aromatic N) is 2. The summed E-state index contributed by atoms with van der Waals surface area (Å²) in [4.78, 5) is 55.8. The van der Waals surface area contributed by atoms with Crippen LogP contribution in [0, 0.1) is 5.92 Å². The summed E-state index contributed by atoms with van der Waals surface area (Å²) in [5.41, 5.74) is 1.77. The van der Waals surface area contributed by atoms with Crippen LogP contribution < -0.4 is 29.3 Å². The molecule has 6 rings (SSSR count). The quantitative estimate of drug-likeness (QED) is 0.290. The van der Waals surface area contributed by atoms with E-state index in [-0.39, 0.29) is 23.2 Å². The van der Waals surface area contributed by atoms with Gasteiger partial charge in [0.15, 0.2) is 0 Å². The number of carbonyl (C=O) groups excluding carboxylic acids is 3. The first-order valence-electron chi connectivity index (χ1n) is 13.3. The second kappa shape index (κ2) is 11.6. The molecule has 1 fully saturated rings. The Morgan fingerprint density at radius 3 is 1.93 bits per heavy atom. The Morgan fingerprint density at radius 1 is 0.791 bits per heavy atom. The van der Waals surface area contributed by atoms with Gasteiger partial charge in [0, 0.05) is 16.5 Å². The zero-order valence-corrected chi connectivity index (χ0v) is 25.1. The molecule has 3 atom stereocenters. The van der Waals surface area contributed by atoms with Gasteiger partial charge in [-0.05, 0) is 66.2 Å². The van der Waals surface area contributed by atoms with Crippen molar-refractivity contribution in [3.63, 3.8) is 0 Å². The SMILES string of the molecule is COc1ccc(NC(=O)Cn2c3c(sc2=O)C(c2ccc(OC)cc2)C2C(=O)N(c4ccc(OC)cc4)C(=O)C2S3)cc1. The van der Waals surface area contributed by atoms with E-state index < -0.39 is 23.0 Å². The lowest BCUT2D eigenvalue weighted by Crippen LogP contribution is -2.33. The number of amides is 3. The topological polar surface area (TPSA) is 116 Å². The van der Waals surface area contributed by atoms with E-state index in [0.29, 0.717) is 38.5 Å². The van der Waals surface area contributed by atoms with Crippen molar-refractivity contribution in [1.82, 2.24) is 4.57 Å². The number of benzene rings is 3. The Morgan fingerprint density at radius 2 is 1.35 bits per heavy atom. The summed E-state index contributed by atoms with van der Waals surface area (Å²) in [6, 6.07) is 20.9. The number of thiazole rings is 1. The first-order chi connectivity index (χ1) is 20.8. The normalized spacial score (nSPS) is 19.0. The molecule has 1 N–H and O–H groups in total. The molecule has 0 bridgehead atoms. The zero-order valence-electron chi connectivity index (χ0n) is 23.4. The number of nitrogens with one attached hydrogen (secondary N) is 1. The summed E-state index contributed by atoms with van der Waals surface area (Å²) in [5, 5.41) is 2.53. The van der Waals surface area contributed by atoms with Crippen LogP contribution in [0.25, 0.3) is 0 Å². The zero-order chi connectivity index (χ0) is 30.2. The molecule has 3 aromatic carbocycles. The van der Waals surface area contributed by atoms with Crippen LogP contribution in [0.3, 0.4) is 0 Å². The fourth-order valence-corrected chi connectivity index (χ4v) is 8.20. The molecule has 4 aromatic rings. The largest absolute Gasteiger partial charge is 0.497 e. The van der Waals surface area contributed by atoms with E-state index in [2.05, 4.69) is 5.32 Å². The fraction of sp³-hybridized carbons (Fsp3) is 0.226. The number of rotatable bonds is 8. The van der Waals surface area contributed by atoms with E-state index in [1.807, 2.05) is 12.1 Å². The molecule has 3 heterocycles. The van der Waals surface area contributed by atoms with Crippen LogP contribution in [0.1, 0.15) is 16.4 Å². The van der Waals surface area contributed by atoms with Crippen LogP contribution in [0.4, 0.5) is 11.4 Å². The summed E-state index contributed by atoms with van der Waals surface area (Å²) >= 11 is 2.17. The van der Waals surface area contributed by atoms with E-state index in [0.717, 1.165) is 16.9 Å². The van der Waals surface area contributed by atoms with Gasteiger partial charge < -0.3 is 19.5 Å². The molecular weight excluding hydrogens is 590 g/mol. The molecular formula is C31H27N3O7S2. The number of fused-ring (bicyclic) bond motifs is 2. The van der Waals surface area contributed by atoms with Gasteiger partial charge in [0.05, 0.1) is 38.0 Å². The Balaban J connectivity index is 1.38. The number of aromatic nitrogens is 1. The Kier molecular flexibility index (Phi) is 7.72. The monoisotopic (exact) mass is 617 g/mol. The van der Waals surface area contributed by atoms with Gasteiger partial charge in [-0.1, -0.05) is 35.2 Å². The summed E-state index contributed by atoms with van der Waals surface area (Å²) in [6.07, 6.45) is 0. The molecule has 43 heavy (non-hydrogen) atoms. The Bertz CT molecular complexity index is 1750. The van der Waals surface area contributed by atoms with Crippen LogP contribution >= 0.6 is 23.1 Å². The summed E-state index contributed by atoms with van der Waals surface area (Å²) in [6.45, 7) is -0.249. The first-order valence-corrected chi connectivity index (χ1v) is 15.0. The van der Waals surface area contributed by atoms with Crippen molar-refractivity contribution in [1.29, 1.82) is 0 Å². The van der Waals surface area contributed by atoms with E-state index in [4.69, 9.17) is 14.2 Å². The molecule has 10 nitrogen and oxygen atoms in total. The lowest BCUT2D eigenvalue weighted by Gasteiger charge is -2.30. The van der Waals surface area contributed by atoms with Crippen molar-refractivity contribution in [2.75, 3.05) is 31.5 Å². The minimum atomic E-state index is -0.792. The van der Waals surface area contributed by atoms with Gasteiger partial charge >= 0.3 is 4.87 Å². The van der Waals surface area contributed by atoms with Gasteiger partial charge in [-0.15, -0.1) is 0 Å². The van der Waals surface area contributed by atoms with Crippen LogP contribution in [-0.4, -0.2) is 48.9 Å². The molecule has 1 aromatic heterocycles. The molecule has 0 saturated carbocycles. The highest BCUT2D eigenvalue weighted by molar-refractivity contribution is 8.00. The molecule has 3 amide bonds. The third kappa shape index (κ3) is 5.17. The van der Waals surface area contributed by atoms with Crippen molar-refractivity contribution in [3.05, 3.63) is 92.9 Å². The number of imide groups is 1. The summed E-state index contributed by atoms with van der Waals surface area (Å²) in [5.74, 6) is -0.548. The third-order valence-electron chi connectivity index (χ3n) is 7.53. The van der Waals surface area contributed by atoms with Gasteiger partial charge in [0.1, 0.15) is 29.0 Å². The maximum absolute atomic E-state index is 14.0. The summed E-state index contributed by atoms with van der Waals surface area (Å²) < 4.78 is 17.1. The standard InChI is InChI=1S/C31H27N3O7S2/c1-39-20-10-4-17(5-11-20)24-25-26(29(37)34(28(25)36)19-8-14-22(41-3)15-9-19)42-30-27(24)43-31(38)33(30)16-23(35)32-18-6-12-21(40-2)13-7-18/h4-15,24-26H,16H2,1-3H3,(H,32,35). The molecule has 0 spiro atoms. The lowest BCUT2D eigenvalue weighted by molar-refractivity contribution is -0.122. The number of thioether (sulfide) groups is 1. The molecule has 0 aliphatic carbocycles. The molecule has 220 valence electrons. The van der Waals surface area contributed by atoms with Crippen LogP contribution in [-0.2, 0) is 20.9 Å². The smallest absolute Gasteiger partial charge is 0.308 e. The Labute approximate surface area is 255 Å². The van der Waals surface area contributed by atoms with Gasteiger partial charge in [0.25, 0.3) is 0 Å². The van der Waals surface area contributed by atoms with E-state index >= 15 is 0 Å².